The summed E-state index contributed by atoms with van der Waals surface area (Å²) in [6.07, 6.45) is 4.02. The molecular weight excluding hydrogens is 210 g/mol. The normalized spacial score (nSPS) is 24.6. The number of nitrogens with two attached hydrogens (primary N) is 1. The fourth-order valence-electron chi connectivity index (χ4n) is 2.80. The Bertz CT molecular complexity index is 449. The van der Waals surface area contributed by atoms with Crippen LogP contribution in [0.3, 0.4) is 0 Å². The van der Waals surface area contributed by atoms with Crippen molar-refractivity contribution in [2.45, 2.75) is 32.2 Å². The number of rotatable bonds is 2. The second-order valence-corrected chi connectivity index (χ2v) is 5.17. The monoisotopic (exact) mass is 229 g/mol. The molecule has 2 N–H and O–H groups in total. The van der Waals surface area contributed by atoms with Crippen LogP contribution in [0.1, 0.15) is 24.8 Å². The van der Waals surface area contributed by atoms with Crippen LogP contribution in [-0.2, 0) is 0 Å². The van der Waals surface area contributed by atoms with E-state index in [2.05, 4.69) is 41.1 Å². The highest BCUT2D eigenvalue weighted by Crippen LogP contribution is 2.36. The van der Waals surface area contributed by atoms with E-state index >= 15 is 0 Å². The molecule has 3 nitrogen and oxygen atoms in total. The van der Waals surface area contributed by atoms with Crippen molar-refractivity contribution in [2.24, 2.45) is 16.6 Å². The second-order valence-electron chi connectivity index (χ2n) is 5.17. The fraction of sp³-hybridized carbons (Fsp3) is 0.500. The number of benzene rings is 1. The van der Waals surface area contributed by atoms with Gasteiger partial charge in [0, 0.05) is 5.69 Å². The lowest BCUT2D eigenvalue weighted by atomic mass is 9.79. The molecule has 1 saturated carbocycles. The van der Waals surface area contributed by atoms with Gasteiger partial charge in [-0.3, -0.25) is 4.99 Å². The Hall–Kier alpha value is -1.51. The van der Waals surface area contributed by atoms with Crippen LogP contribution >= 0.6 is 0 Å². The van der Waals surface area contributed by atoms with Crippen molar-refractivity contribution >= 4 is 11.6 Å². The van der Waals surface area contributed by atoms with Gasteiger partial charge < -0.3 is 10.6 Å². The highest BCUT2D eigenvalue weighted by atomic mass is 15.3. The number of nitrogens with zero attached hydrogens (tertiary/aromatic N) is 2. The maximum Gasteiger partial charge on any atom is 0.196 e. The molecule has 0 bridgehead atoms. The lowest BCUT2D eigenvalue weighted by molar-refractivity contribution is 0.271. The molecule has 3 rings (SSSR count). The van der Waals surface area contributed by atoms with E-state index in [1.165, 1.54) is 30.5 Å². The zero-order chi connectivity index (χ0) is 11.8. The lowest BCUT2D eigenvalue weighted by Crippen LogP contribution is -2.46. The van der Waals surface area contributed by atoms with Crippen LogP contribution in [0, 0.1) is 12.8 Å². The Morgan fingerprint density at radius 2 is 2.18 bits per heavy atom. The van der Waals surface area contributed by atoms with Crippen LogP contribution in [0.15, 0.2) is 29.3 Å². The predicted molar refractivity (Wildman–Crippen MR) is 71.3 cm³/mol. The molecule has 2 aliphatic rings. The number of anilines is 1. The zero-order valence-electron chi connectivity index (χ0n) is 10.3. The standard InChI is InChI=1S/C14H19N3/c1-10-4-2-7-12(8-10)17-13(9-16-14(17)15)11-5-3-6-11/h2,4,7-8,11,13H,3,5-6,9H2,1H3,(H2,15,16). The van der Waals surface area contributed by atoms with Crippen LogP contribution in [-0.4, -0.2) is 18.5 Å². The molecule has 3 heteroatoms. The number of hydrogen-bond donors (Lipinski definition) is 1. The van der Waals surface area contributed by atoms with E-state index in [1.807, 2.05) is 0 Å². The van der Waals surface area contributed by atoms with Crippen LogP contribution in [0.2, 0.25) is 0 Å². The minimum absolute atomic E-state index is 0.491. The Morgan fingerprint density at radius 3 is 2.82 bits per heavy atom. The molecule has 1 atom stereocenters. The van der Waals surface area contributed by atoms with E-state index in [1.54, 1.807) is 0 Å². The fourth-order valence-corrected chi connectivity index (χ4v) is 2.80. The SMILES string of the molecule is Cc1cccc(N2C(N)=NCC2C2CCC2)c1. The summed E-state index contributed by atoms with van der Waals surface area (Å²) in [5.74, 6) is 1.47. The van der Waals surface area contributed by atoms with Gasteiger partial charge >= 0.3 is 0 Å². The largest absolute Gasteiger partial charge is 0.370 e. The molecular formula is C14H19N3. The molecule has 0 amide bonds. The van der Waals surface area contributed by atoms with Crippen LogP contribution in [0.4, 0.5) is 5.69 Å². The van der Waals surface area contributed by atoms with Gasteiger partial charge in [0.25, 0.3) is 0 Å². The summed E-state index contributed by atoms with van der Waals surface area (Å²) in [5.41, 5.74) is 8.51. The summed E-state index contributed by atoms with van der Waals surface area (Å²) < 4.78 is 0. The first-order valence-electron chi connectivity index (χ1n) is 6.41. The first-order valence-corrected chi connectivity index (χ1v) is 6.41. The van der Waals surface area contributed by atoms with Crippen molar-refractivity contribution in [2.75, 3.05) is 11.4 Å². The smallest absolute Gasteiger partial charge is 0.196 e. The Morgan fingerprint density at radius 1 is 1.35 bits per heavy atom. The Kier molecular flexibility index (Phi) is 2.54. The molecule has 1 heterocycles. The molecule has 1 aromatic carbocycles. The van der Waals surface area contributed by atoms with Gasteiger partial charge in [0.1, 0.15) is 0 Å². The number of aliphatic imine (C=N–C) groups is 1. The average Bonchev–Trinajstić information content (AvgIpc) is 2.58. The van der Waals surface area contributed by atoms with Crippen molar-refractivity contribution in [3.8, 4) is 0 Å². The summed E-state index contributed by atoms with van der Waals surface area (Å²) in [6, 6.07) is 9.02. The quantitative estimate of drug-likeness (QED) is 0.845. The molecule has 0 saturated heterocycles. The van der Waals surface area contributed by atoms with Gasteiger partial charge in [0.05, 0.1) is 12.6 Å². The topological polar surface area (TPSA) is 41.6 Å². The number of guanidine groups is 1. The maximum atomic E-state index is 6.04. The molecule has 0 aromatic heterocycles. The third-order valence-electron chi connectivity index (χ3n) is 3.99. The summed E-state index contributed by atoms with van der Waals surface area (Å²) in [5, 5.41) is 0. The summed E-state index contributed by atoms with van der Waals surface area (Å²) in [4.78, 5) is 6.66. The lowest BCUT2D eigenvalue weighted by Gasteiger charge is -2.37. The highest BCUT2D eigenvalue weighted by molar-refractivity contribution is 5.97. The van der Waals surface area contributed by atoms with Gasteiger partial charge in [0.15, 0.2) is 5.96 Å². The zero-order valence-corrected chi connectivity index (χ0v) is 10.3. The van der Waals surface area contributed by atoms with Crippen molar-refractivity contribution in [3.05, 3.63) is 29.8 Å². The first-order chi connectivity index (χ1) is 8.25. The summed E-state index contributed by atoms with van der Waals surface area (Å²) in [7, 11) is 0. The Balaban J connectivity index is 1.90. The molecule has 1 unspecified atom stereocenters. The third kappa shape index (κ3) is 1.79. The van der Waals surface area contributed by atoms with E-state index < -0.39 is 0 Å². The average molecular weight is 229 g/mol. The summed E-state index contributed by atoms with van der Waals surface area (Å²) in [6.45, 7) is 2.98. The van der Waals surface area contributed by atoms with Gasteiger partial charge in [-0.25, -0.2) is 0 Å². The molecule has 1 fully saturated rings. The molecule has 1 aliphatic heterocycles. The van der Waals surface area contributed by atoms with E-state index in [0.29, 0.717) is 12.0 Å². The van der Waals surface area contributed by atoms with Crippen LogP contribution in [0.25, 0.3) is 0 Å². The van der Waals surface area contributed by atoms with Crippen molar-refractivity contribution in [1.82, 2.24) is 0 Å². The van der Waals surface area contributed by atoms with Crippen molar-refractivity contribution in [3.63, 3.8) is 0 Å². The van der Waals surface area contributed by atoms with E-state index in [-0.39, 0.29) is 0 Å². The molecule has 1 aliphatic carbocycles. The minimum atomic E-state index is 0.491. The van der Waals surface area contributed by atoms with E-state index in [4.69, 9.17) is 5.73 Å². The molecule has 1 aromatic rings. The molecule has 90 valence electrons. The summed E-state index contributed by atoms with van der Waals surface area (Å²) >= 11 is 0. The maximum absolute atomic E-state index is 6.04. The van der Waals surface area contributed by atoms with E-state index in [0.717, 1.165) is 12.5 Å². The molecule has 0 radical (unpaired) electrons. The van der Waals surface area contributed by atoms with Gasteiger partial charge in [-0.2, -0.15) is 0 Å². The van der Waals surface area contributed by atoms with Crippen LogP contribution < -0.4 is 10.6 Å². The van der Waals surface area contributed by atoms with Crippen molar-refractivity contribution < 1.29 is 0 Å². The van der Waals surface area contributed by atoms with Crippen molar-refractivity contribution in [1.29, 1.82) is 0 Å². The highest BCUT2D eigenvalue weighted by Gasteiger charge is 2.36. The second kappa shape index (κ2) is 4.06. The molecule has 0 spiro atoms. The predicted octanol–water partition coefficient (Wildman–Crippen LogP) is 2.30. The van der Waals surface area contributed by atoms with Gasteiger partial charge in [-0.05, 0) is 43.4 Å². The first kappa shape index (κ1) is 10.6. The van der Waals surface area contributed by atoms with Gasteiger partial charge in [-0.1, -0.05) is 18.6 Å². The number of aryl methyl sites for hydroxylation is 1. The van der Waals surface area contributed by atoms with Gasteiger partial charge in [0.2, 0.25) is 0 Å². The third-order valence-corrected chi connectivity index (χ3v) is 3.99. The molecule has 17 heavy (non-hydrogen) atoms. The van der Waals surface area contributed by atoms with E-state index in [9.17, 15) is 0 Å². The van der Waals surface area contributed by atoms with Crippen LogP contribution in [0.5, 0.6) is 0 Å². The Labute approximate surface area is 102 Å². The van der Waals surface area contributed by atoms with Gasteiger partial charge in [-0.15, -0.1) is 0 Å². The number of hydrogen-bond acceptors (Lipinski definition) is 3. The minimum Gasteiger partial charge on any atom is -0.370 e.